The molecule has 0 aliphatic carbocycles. The molecule has 1 nitrogen and oxygen atoms in total. The number of hydrogen-bond acceptors (Lipinski definition) is 2. The Morgan fingerprint density at radius 2 is 2.07 bits per heavy atom. The molecule has 0 saturated heterocycles. The number of nitrogens with zero attached hydrogens (tertiary/aromatic N) is 1. The summed E-state index contributed by atoms with van der Waals surface area (Å²) in [7, 11) is 0. The van der Waals surface area contributed by atoms with Crippen LogP contribution in [0, 0.1) is 11.3 Å². The quantitative estimate of drug-likeness (QED) is 0.757. The van der Waals surface area contributed by atoms with Gasteiger partial charge in [0, 0.05) is 9.51 Å². The van der Waals surface area contributed by atoms with Gasteiger partial charge in [0.05, 0.1) is 4.91 Å². The van der Waals surface area contributed by atoms with Crippen molar-refractivity contribution >= 4 is 43.8 Å². The van der Waals surface area contributed by atoms with Gasteiger partial charge in [-0.25, -0.2) is 0 Å². The van der Waals surface area contributed by atoms with Crippen LogP contribution in [0.15, 0.2) is 29.2 Å². The molecule has 1 aromatic rings. The highest BCUT2D eigenvalue weighted by molar-refractivity contribution is 9.15. The molecule has 0 N–H and O–H groups in total. The maximum absolute atomic E-state index is 8.96. The van der Waals surface area contributed by atoms with Gasteiger partial charge in [-0.1, -0.05) is 30.7 Å². The fraction of sp³-hybridized carbons (Fsp3) is 0.182. The molecule has 0 bridgehead atoms. The van der Waals surface area contributed by atoms with Crippen LogP contribution in [-0.2, 0) is 0 Å². The Hall–Kier alpha value is -0.430. The van der Waals surface area contributed by atoms with Gasteiger partial charge >= 0.3 is 0 Å². The molecule has 0 radical (unpaired) electrons. The van der Waals surface area contributed by atoms with Crippen molar-refractivity contribution in [2.24, 2.45) is 0 Å². The van der Waals surface area contributed by atoms with Crippen LogP contribution in [0.25, 0.3) is 4.48 Å². The first-order chi connectivity index (χ1) is 7.19. The minimum atomic E-state index is 0.694. The van der Waals surface area contributed by atoms with E-state index < -0.39 is 0 Å². The normalized spacial score (nSPS) is 11.9. The van der Waals surface area contributed by atoms with Crippen molar-refractivity contribution in [2.75, 3.05) is 5.75 Å². The third-order valence-corrected chi connectivity index (χ3v) is 3.93. The average molecular weight is 303 g/mol. The Morgan fingerprint density at radius 3 is 2.53 bits per heavy atom. The average Bonchev–Trinajstić information content (AvgIpc) is 2.26. The van der Waals surface area contributed by atoms with E-state index in [4.69, 9.17) is 16.9 Å². The predicted molar refractivity (Wildman–Crippen MR) is 71.0 cm³/mol. The van der Waals surface area contributed by atoms with Crippen LogP contribution in [0.4, 0.5) is 0 Å². The Balaban J connectivity index is 3.06. The molecule has 0 aromatic heterocycles. The van der Waals surface area contributed by atoms with Crippen LogP contribution in [-0.4, -0.2) is 5.75 Å². The van der Waals surface area contributed by atoms with Gasteiger partial charge in [0.15, 0.2) is 0 Å². The van der Waals surface area contributed by atoms with Crippen molar-refractivity contribution in [2.45, 2.75) is 6.92 Å². The number of allylic oxidation sites excluding steroid dienone is 1. The topological polar surface area (TPSA) is 23.8 Å². The molecular formula is C11H9BrClNS. The third kappa shape index (κ3) is 3.57. The lowest BCUT2D eigenvalue weighted by Crippen LogP contribution is -1.81. The molecule has 1 rings (SSSR count). The van der Waals surface area contributed by atoms with Crippen molar-refractivity contribution in [3.8, 4) is 6.07 Å². The zero-order chi connectivity index (χ0) is 11.3. The minimum Gasteiger partial charge on any atom is -0.192 e. The Bertz CT molecular complexity index is 406. The molecule has 0 heterocycles. The standard InChI is InChI=1S/C11H9BrClNS/c1-2-15-10(7-14)11(12)8-3-5-9(13)6-4-8/h3-6H,2H2,1H3/b11-10+. The summed E-state index contributed by atoms with van der Waals surface area (Å²) in [6, 6.07) is 9.57. The maximum atomic E-state index is 8.96. The van der Waals surface area contributed by atoms with Crippen LogP contribution in [0.3, 0.4) is 0 Å². The molecule has 0 saturated carbocycles. The van der Waals surface area contributed by atoms with Gasteiger partial charge in [0.25, 0.3) is 0 Å². The van der Waals surface area contributed by atoms with E-state index in [0.717, 1.165) is 15.8 Å². The lowest BCUT2D eigenvalue weighted by Gasteiger charge is -2.02. The van der Waals surface area contributed by atoms with E-state index in [-0.39, 0.29) is 0 Å². The summed E-state index contributed by atoms with van der Waals surface area (Å²) < 4.78 is 0.827. The van der Waals surface area contributed by atoms with Crippen molar-refractivity contribution in [3.05, 3.63) is 39.8 Å². The van der Waals surface area contributed by atoms with E-state index >= 15 is 0 Å². The molecule has 0 fully saturated rings. The molecule has 0 unspecified atom stereocenters. The van der Waals surface area contributed by atoms with Crippen molar-refractivity contribution in [3.63, 3.8) is 0 Å². The second-order valence-electron chi connectivity index (χ2n) is 2.69. The summed E-state index contributed by atoms with van der Waals surface area (Å²) in [6.07, 6.45) is 0. The second-order valence-corrected chi connectivity index (χ2v) is 5.20. The summed E-state index contributed by atoms with van der Waals surface area (Å²) >= 11 is 10.7. The van der Waals surface area contributed by atoms with E-state index in [0.29, 0.717) is 9.93 Å². The summed E-state index contributed by atoms with van der Waals surface area (Å²) in [5, 5.41) is 9.65. The largest absolute Gasteiger partial charge is 0.192 e. The zero-order valence-corrected chi connectivity index (χ0v) is 11.3. The van der Waals surface area contributed by atoms with Gasteiger partial charge in [0.2, 0.25) is 0 Å². The summed E-state index contributed by atoms with van der Waals surface area (Å²) in [5.41, 5.74) is 0.969. The molecule has 1 aromatic carbocycles. The van der Waals surface area contributed by atoms with Gasteiger partial charge in [-0.3, -0.25) is 0 Å². The number of rotatable bonds is 3. The number of nitriles is 1. The van der Waals surface area contributed by atoms with Gasteiger partial charge in [-0.05, 0) is 39.4 Å². The van der Waals surface area contributed by atoms with E-state index in [1.165, 1.54) is 11.8 Å². The van der Waals surface area contributed by atoms with E-state index in [1.54, 1.807) is 0 Å². The van der Waals surface area contributed by atoms with Crippen LogP contribution < -0.4 is 0 Å². The number of hydrogen-bond donors (Lipinski definition) is 0. The summed E-state index contributed by atoms with van der Waals surface area (Å²) in [4.78, 5) is 0.694. The number of thioether (sulfide) groups is 1. The first kappa shape index (κ1) is 12.6. The molecule has 78 valence electrons. The van der Waals surface area contributed by atoms with Crippen LogP contribution >= 0.6 is 39.3 Å². The lowest BCUT2D eigenvalue weighted by atomic mass is 10.2. The molecule has 4 heteroatoms. The second kappa shape index (κ2) is 6.22. The van der Waals surface area contributed by atoms with Gasteiger partial charge < -0.3 is 0 Å². The van der Waals surface area contributed by atoms with E-state index in [9.17, 15) is 0 Å². The first-order valence-electron chi connectivity index (χ1n) is 4.37. The van der Waals surface area contributed by atoms with E-state index in [1.807, 2.05) is 31.2 Å². The minimum absolute atomic E-state index is 0.694. The maximum Gasteiger partial charge on any atom is 0.107 e. The smallest absolute Gasteiger partial charge is 0.107 e. The number of benzene rings is 1. The molecule has 0 amide bonds. The fourth-order valence-electron chi connectivity index (χ4n) is 1.02. The molecule has 15 heavy (non-hydrogen) atoms. The summed E-state index contributed by atoms with van der Waals surface area (Å²) in [5.74, 6) is 0.881. The predicted octanol–water partition coefficient (Wildman–Crippen LogP) is 4.68. The number of halogens is 2. The van der Waals surface area contributed by atoms with Crippen LogP contribution in [0.2, 0.25) is 5.02 Å². The molecular weight excluding hydrogens is 294 g/mol. The third-order valence-electron chi connectivity index (χ3n) is 1.69. The highest BCUT2D eigenvalue weighted by atomic mass is 79.9. The van der Waals surface area contributed by atoms with Crippen molar-refractivity contribution in [1.82, 2.24) is 0 Å². The Morgan fingerprint density at radius 1 is 1.47 bits per heavy atom. The molecule has 0 aliphatic rings. The van der Waals surface area contributed by atoms with Gasteiger partial charge in [0.1, 0.15) is 6.07 Å². The monoisotopic (exact) mass is 301 g/mol. The van der Waals surface area contributed by atoms with Crippen LogP contribution in [0.1, 0.15) is 12.5 Å². The fourth-order valence-corrected chi connectivity index (χ4v) is 2.44. The van der Waals surface area contributed by atoms with Crippen molar-refractivity contribution < 1.29 is 0 Å². The highest BCUT2D eigenvalue weighted by Gasteiger charge is 2.05. The highest BCUT2D eigenvalue weighted by Crippen LogP contribution is 2.31. The Kier molecular flexibility index (Phi) is 5.24. The van der Waals surface area contributed by atoms with Crippen LogP contribution in [0.5, 0.6) is 0 Å². The van der Waals surface area contributed by atoms with Gasteiger partial charge in [-0.2, -0.15) is 5.26 Å². The molecule has 0 aliphatic heterocycles. The summed E-state index contributed by atoms with van der Waals surface area (Å²) in [6.45, 7) is 2.02. The molecule has 0 spiro atoms. The first-order valence-corrected chi connectivity index (χ1v) is 6.53. The van der Waals surface area contributed by atoms with Gasteiger partial charge in [-0.15, -0.1) is 11.8 Å². The lowest BCUT2D eigenvalue weighted by molar-refractivity contribution is 1.51. The van der Waals surface area contributed by atoms with E-state index in [2.05, 4.69) is 22.0 Å². The SMILES string of the molecule is CCS/C(C#N)=C(/Br)c1ccc(Cl)cc1. The molecule has 0 atom stereocenters. The Labute approximate surface area is 107 Å². The zero-order valence-electron chi connectivity index (χ0n) is 8.13. The van der Waals surface area contributed by atoms with Crippen molar-refractivity contribution in [1.29, 1.82) is 5.26 Å².